The van der Waals surface area contributed by atoms with Gasteiger partial charge in [-0.05, 0) is 31.6 Å². The molecule has 2 N–H and O–H groups in total. The zero-order valence-electron chi connectivity index (χ0n) is 12.5. The van der Waals surface area contributed by atoms with Crippen molar-refractivity contribution < 1.29 is 19.8 Å². The second kappa shape index (κ2) is 7.64. The molecule has 2 fully saturated rings. The summed E-state index contributed by atoms with van der Waals surface area (Å²) < 4.78 is 0. The second-order valence-electron chi connectivity index (χ2n) is 6.19. The maximum absolute atomic E-state index is 12.6. The van der Waals surface area contributed by atoms with Crippen LogP contribution in [0.4, 0.5) is 4.79 Å². The molecule has 2 amide bonds. The van der Waals surface area contributed by atoms with E-state index in [1.54, 1.807) is 0 Å². The van der Waals surface area contributed by atoms with Crippen LogP contribution in [0.3, 0.4) is 0 Å². The number of nitrogens with zero attached hydrogens (tertiary/aromatic N) is 2. The maximum atomic E-state index is 12.6. The highest BCUT2D eigenvalue weighted by Gasteiger charge is 2.31. The van der Waals surface area contributed by atoms with Crippen molar-refractivity contribution in [2.75, 3.05) is 26.2 Å². The van der Waals surface area contributed by atoms with E-state index in [4.69, 9.17) is 5.11 Å². The average molecular weight is 298 g/mol. The molecule has 6 nitrogen and oxygen atoms in total. The van der Waals surface area contributed by atoms with Gasteiger partial charge in [-0.15, -0.1) is 0 Å². The van der Waals surface area contributed by atoms with E-state index in [9.17, 15) is 14.7 Å². The topological polar surface area (TPSA) is 81.1 Å². The molecule has 6 heteroatoms. The number of hydrogen-bond donors (Lipinski definition) is 2. The highest BCUT2D eigenvalue weighted by Crippen LogP contribution is 2.23. The summed E-state index contributed by atoms with van der Waals surface area (Å²) in [7, 11) is 0. The Balaban J connectivity index is 1.89. The average Bonchev–Trinajstić information content (AvgIpc) is 2.71. The number of aliphatic carboxylic acids is 1. The van der Waals surface area contributed by atoms with Crippen LogP contribution in [0.15, 0.2) is 0 Å². The monoisotopic (exact) mass is 298 g/mol. The summed E-state index contributed by atoms with van der Waals surface area (Å²) in [5.41, 5.74) is 0. The molecule has 0 radical (unpaired) electrons. The molecule has 2 heterocycles. The molecule has 0 bridgehead atoms. The lowest BCUT2D eigenvalue weighted by molar-refractivity contribution is -0.138. The Morgan fingerprint density at radius 2 is 1.71 bits per heavy atom. The first-order valence-electron chi connectivity index (χ1n) is 8.00. The van der Waals surface area contributed by atoms with E-state index in [-0.39, 0.29) is 31.0 Å². The molecule has 21 heavy (non-hydrogen) atoms. The quantitative estimate of drug-likeness (QED) is 0.828. The summed E-state index contributed by atoms with van der Waals surface area (Å²) in [4.78, 5) is 27.0. The molecule has 2 aliphatic rings. The van der Waals surface area contributed by atoms with E-state index in [0.29, 0.717) is 13.1 Å². The predicted octanol–water partition coefficient (Wildman–Crippen LogP) is 1.53. The lowest BCUT2D eigenvalue weighted by Crippen LogP contribution is -2.51. The number of carbonyl (C=O) groups is 2. The van der Waals surface area contributed by atoms with Crippen LogP contribution in [0, 0.1) is 5.92 Å². The molecule has 1 atom stereocenters. The van der Waals surface area contributed by atoms with Gasteiger partial charge < -0.3 is 20.0 Å². The van der Waals surface area contributed by atoms with Crippen LogP contribution < -0.4 is 0 Å². The van der Waals surface area contributed by atoms with Gasteiger partial charge in [-0.2, -0.15) is 0 Å². The van der Waals surface area contributed by atoms with Crippen LogP contribution in [0.25, 0.3) is 0 Å². The third-order valence-corrected chi connectivity index (χ3v) is 4.68. The summed E-state index contributed by atoms with van der Waals surface area (Å²) in [6.45, 7) is 2.01. The van der Waals surface area contributed by atoms with Crippen molar-refractivity contribution in [2.24, 2.45) is 5.92 Å². The lowest BCUT2D eigenvalue weighted by Gasteiger charge is -2.37. The zero-order valence-corrected chi connectivity index (χ0v) is 12.5. The van der Waals surface area contributed by atoms with Gasteiger partial charge in [0.2, 0.25) is 0 Å². The van der Waals surface area contributed by atoms with Crippen molar-refractivity contribution in [2.45, 2.75) is 51.0 Å². The molecule has 1 unspecified atom stereocenters. The molecular weight excluding hydrogens is 272 g/mol. The SMILES string of the molecule is O=C(O)CC1CCN(C(=O)N2CCCCCC2CO)CC1. The number of piperidine rings is 1. The Morgan fingerprint density at radius 1 is 1.00 bits per heavy atom. The van der Waals surface area contributed by atoms with Gasteiger partial charge in [0.1, 0.15) is 0 Å². The Kier molecular flexibility index (Phi) is 5.85. The number of carboxylic acid groups (broad SMARTS) is 1. The van der Waals surface area contributed by atoms with Crippen molar-refractivity contribution in [1.82, 2.24) is 9.80 Å². The maximum Gasteiger partial charge on any atom is 0.320 e. The Labute approximate surface area is 125 Å². The minimum Gasteiger partial charge on any atom is -0.481 e. The number of likely N-dealkylation sites (tertiary alicyclic amines) is 2. The van der Waals surface area contributed by atoms with Gasteiger partial charge in [-0.1, -0.05) is 12.8 Å². The Morgan fingerprint density at radius 3 is 2.33 bits per heavy atom. The number of carbonyl (C=O) groups excluding carboxylic acids is 1. The Bertz CT molecular complexity index is 367. The molecule has 0 saturated carbocycles. The number of urea groups is 1. The van der Waals surface area contributed by atoms with Crippen molar-refractivity contribution in [3.05, 3.63) is 0 Å². The standard InChI is InChI=1S/C15H26N2O4/c18-11-13-4-2-1-3-7-17(13)15(21)16-8-5-12(6-9-16)10-14(19)20/h12-13,18H,1-11H2,(H,19,20). The third kappa shape index (κ3) is 4.33. The van der Waals surface area contributed by atoms with E-state index in [0.717, 1.165) is 45.1 Å². The summed E-state index contributed by atoms with van der Waals surface area (Å²) in [5.74, 6) is -0.572. The summed E-state index contributed by atoms with van der Waals surface area (Å²) in [6.07, 6.45) is 5.77. The van der Waals surface area contributed by atoms with Gasteiger partial charge in [0.05, 0.1) is 12.6 Å². The molecular formula is C15H26N2O4. The smallest absolute Gasteiger partial charge is 0.320 e. The first-order valence-corrected chi connectivity index (χ1v) is 8.00. The fraction of sp³-hybridized carbons (Fsp3) is 0.867. The molecule has 2 rings (SSSR count). The van der Waals surface area contributed by atoms with Gasteiger partial charge in [-0.25, -0.2) is 4.79 Å². The normalized spacial score (nSPS) is 24.7. The number of aliphatic hydroxyl groups excluding tert-OH is 1. The fourth-order valence-corrected chi connectivity index (χ4v) is 3.38. The van der Waals surface area contributed by atoms with E-state index in [1.807, 2.05) is 9.80 Å². The Hall–Kier alpha value is -1.30. The third-order valence-electron chi connectivity index (χ3n) is 4.68. The van der Waals surface area contributed by atoms with E-state index in [2.05, 4.69) is 0 Å². The lowest BCUT2D eigenvalue weighted by atomic mass is 9.94. The predicted molar refractivity (Wildman–Crippen MR) is 78.0 cm³/mol. The first kappa shape index (κ1) is 16.1. The number of carboxylic acids is 1. The van der Waals surface area contributed by atoms with Crippen molar-refractivity contribution >= 4 is 12.0 Å². The van der Waals surface area contributed by atoms with Crippen LogP contribution in [0.5, 0.6) is 0 Å². The second-order valence-corrected chi connectivity index (χ2v) is 6.19. The largest absolute Gasteiger partial charge is 0.481 e. The number of hydrogen-bond acceptors (Lipinski definition) is 3. The van der Waals surface area contributed by atoms with Gasteiger partial charge in [0.25, 0.3) is 0 Å². The minimum atomic E-state index is -0.757. The fourth-order valence-electron chi connectivity index (χ4n) is 3.38. The van der Waals surface area contributed by atoms with Gasteiger partial charge in [0.15, 0.2) is 0 Å². The molecule has 0 aliphatic carbocycles. The van der Waals surface area contributed by atoms with Crippen LogP contribution in [-0.2, 0) is 4.79 Å². The molecule has 0 aromatic heterocycles. The van der Waals surface area contributed by atoms with Crippen molar-refractivity contribution in [3.63, 3.8) is 0 Å². The molecule has 0 aromatic rings. The molecule has 0 spiro atoms. The molecule has 2 aliphatic heterocycles. The molecule has 120 valence electrons. The minimum absolute atomic E-state index is 0.0183. The highest BCUT2D eigenvalue weighted by atomic mass is 16.4. The van der Waals surface area contributed by atoms with E-state index in [1.165, 1.54) is 0 Å². The number of rotatable bonds is 3. The summed E-state index contributed by atoms with van der Waals surface area (Å²) in [5, 5.41) is 18.3. The van der Waals surface area contributed by atoms with Gasteiger partial charge in [0, 0.05) is 26.1 Å². The highest BCUT2D eigenvalue weighted by molar-refractivity contribution is 5.75. The van der Waals surface area contributed by atoms with Gasteiger partial charge in [-0.3, -0.25) is 4.79 Å². The molecule has 0 aromatic carbocycles. The van der Waals surface area contributed by atoms with Crippen molar-refractivity contribution in [3.8, 4) is 0 Å². The zero-order chi connectivity index (χ0) is 15.2. The number of amides is 2. The summed E-state index contributed by atoms with van der Waals surface area (Å²) >= 11 is 0. The first-order chi connectivity index (χ1) is 10.1. The van der Waals surface area contributed by atoms with Crippen LogP contribution in [0.2, 0.25) is 0 Å². The van der Waals surface area contributed by atoms with Crippen molar-refractivity contribution in [1.29, 1.82) is 0 Å². The van der Waals surface area contributed by atoms with Crippen LogP contribution >= 0.6 is 0 Å². The van der Waals surface area contributed by atoms with Crippen LogP contribution in [-0.4, -0.2) is 64.3 Å². The summed E-state index contributed by atoms with van der Waals surface area (Å²) in [6, 6.07) is -0.0403. The molecule has 2 saturated heterocycles. The van der Waals surface area contributed by atoms with E-state index >= 15 is 0 Å². The number of aliphatic hydroxyl groups is 1. The van der Waals surface area contributed by atoms with Crippen LogP contribution in [0.1, 0.15) is 44.9 Å². The van der Waals surface area contributed by atoms with E-state index < -0.39 is 5.97 Å². The van der Waals surface area contributed by atoms with Gasteiger partial charge >= 0.3 is 12.0 Å².